The zero-order valence-corrected chi connectivity index (χ0v) is 5.54. The van der Waals surface area contributed by atoms with Gasteiger partial charge in [-0.3, -0.25) is 0 Å². The van der Waals surface area contributed by atoms with Gasteiger partial charge in [-0.05, 0) is 0 Å². The Morgan fingerprint density at radius 3 is 0.500 bits per heavy atom. The fourth-order valence-electron chi connectivity index (χ4n) is 0. The van der Waals surface area contributed by atoms with Gasteiger partial charge >= 0.3 is 0 Å². The lowest BCUT2D eigenvalue weighted by Crippen LogP contribution is -3.00. The zero-order chi connectivity index (χ0) is 0. The van der Waals surface area contributed by atoms with Gasteiger partial charge in [0.25, 0.3) is 0 Å². The van der Waals surface area contributed by atoms with Crippen molar-refractivity contribution >= 4 is 0 Å². The highest BCUT2D eigenvalue weighted by atomic mass is 35.5. The van der Waals surface area contributed by atoms with Crippen LogP contribution >= 0.6 is 0 Å². The van der Waals surface area contributed by atoms with E-state index in [1.807, 2.05) is 0 Å². The molecule has 0 aromatic rings. The molecule has 0 heterocycles. The van der Waals surface area contributed by atoms with E-state index in [-0.39, 0.29) is 63.2 Å². The summed E-state index contributed by atoms with van der Waals surface area (Å²) in [6.45, 7) is 0. The molecule has 0 aromatic heterocycles. The Labute approximate surface area is 63.5 Å². The smallest absolute Gasteiger partial charge is 0.0776 e. The molecule has 0 bridgehead atoms. The average molecular weight is 176 g/mol. The molecule has 0 saturated carbocycles. The maximum absolute atomic E-state index is 0. The molecule has 0 amide bonds. The minimum atomic E-state index is 0. The van der Waals surface area contributed by atoms with Crippen LogP contribution in [0.4, 0.5) is 0 Å². The lowest BCUT2D eigenvalue weighted by molar-refractivity contribution is -0.00100. The molecule has 48 valence electrons. The van der Waals surface area contributed by atoms with E-state index < -0.39 is 0 Å². The topological polar surface area (TPSA) is 36.5 Å². The molecule has 0 aromatic carbocycles. The van der Waals surface area contributed by atoms with Crippen LogP contribution in [-0.2, 0) is 0 Å². The first-order valence-corrected chi connectivity index (χ1v) is 0. The van der Waals surface area contributed by atoms with Gasteiger partial charge < -0.3 is 55.8 Å². The van der Waals surface area contributed by atoms with Gasteiger partial charge in [0.2, 0.25) is 0 Å². The van der Waals surface area contributed by atoms with Gasteiger partial charge in [-0.1, -0.05) is 7.43 Å². The molecule has 0 aliphatic heterocycles. The van der Waals surface area contributed by atoms with Crippen molar-refractivity contribution in [1.82, 2.24) is 6.15 Å². The second kappa shape index (κ2) is 128. The van der Waals surface area contributed by atoms with Crippen molar-refractivity contribution in [3.05, 3.63) is 0 Å². The van der Waals surface area contributed by atoms with Crippen LogP contribution in [0.1, 0.15) is 7.43 Å². The van der Waals surface area contributed by atoms with Gasteiger partial charge in [0, 0.05) is 0 Å². The summed E-state index contributed by atoms with van der Waals surface area (Å²) in [5.41, 5.74) is 0. The first-order valence-electron chi connectivity index (χ1n) is 0. The minimum Gasteiger partial charge on any atom is -1.00 e. The Balaban J connectivity index is 0. The molecule has 0 saturated heterocycles. The van der Waals surface area contributed by atoms with E-state index >= 15 is 0 Å². The van der Waals surface area contributed by atoms with E-state index in [2.05, 4.69) is 0 Å². The van der Waals surface area contributed by atoms with Crippen LogP contribution in [0.5, 0.6) is 0 Å². The van der Waals surface area contributed by atoms with Crippen LogP contribution < -0.4 is 55.8 Å². The maximum Gasteiger partial charge on any atom is -0.0776 e. The van der Waals surface area contributed by atoms with Gasteiger partial charge in [-0.2, -0.15) is 0 Å². The SMILES string of the molecule is C.[Cl-].[Cl-].[Cl-].[Cl-].[NH4+]. The van der Waals surface area contributed by atoms with Crippen molar-refractivity contribution in [2.75, 3.05) is 0 Å². The first-order chi connectivity index (χ1) is 0. The van der Waals surface area contributed by atoms with Crippen LogP contribution in [0.15, 0.2) is 0 Å². The third-order valence-electron chi connectivity index (χ3n) is 0. The molecular formula is CH8Cl4N-3. The summed E-state index contributed by atoms with van der Waals surface area (Å²) in [6.07, 6.45) is 0. The standard InChI is InChI=1S/CH4.4ClH.H3N/h1H4;4*1H;1H3/p-3. The van der Waals surface area contributed by atoms with Crippen molar-refractivity contribution in [1.29, 1.82) is 0 Å². The Hall–Kier alpha value is 1.12. The average Bonchev–Trinajstić information content (AvgIpc) is 0. The highest BCUT2D eigenvalue weighted by Crippen LogP contribution is 0.144. The van der Waals surface area contributed by atoms with Crippen LogP contribution in [-0.4, -0.2) is 0 Å². The fraction of sp³-hybridized carbons (Fsp3) is 1.00. The molecule has 1 nitrogen and oxygen atoms in total. The maximum atomic E-state index is 0. The van der Waals surface area contributed by atoms with Crippen LogP contribution in [0.2, 0.25) is 0 Å². The van der Waals surface area contributed by atoms with E-state index in [4.69, 9.17) is 0 Å². The normalized spacial score (nSPS) is 0. The van der Waals surface area contributed by atoms with Gasteiger partial charge in [-0.15, -0.1) is 0 Å². The summed E-state index contributed by atoms with van der Waals surface area (Å²) in [7, 11) is 0. The van der Waals surface area contributed by atoms with Crippen molar-refractivity contribution < 1.29 is 49.6 Å². The molecule has 0 spiro atoms. The number of rotatable bonds is 0. The molecule has 0 atom stereocenters. The van der Waals surface area contributed by atoms with Crippen molar-refractivity contribution in [3.8, 4) is 0 Å². The molecule has 0 radical (unpaired) electrons. The highest BCUT2D eigenvalue weighted by Gasteiger charge is -0.0776. The van der Waals surface area contributed by atoms with Gasteiger partial charge in [0.15, 0.2) is 0 Å². The van der Waals surface area contributed by atoms with Crippen LogP contribution in [0.25, 0.3) is 0 Å². The number of quaternary nitrogens is 1. The summed E-state index contributed by atoms with van der Waals surface area (Å²) < 4.78 is 0. The van der Waals surface area contributed by atoms with E-state index in [0.717, 1.165) is 0 Å². The summed E-state index contributed by atoms with van der Waals surface area (Å²) in [4.78, 5) is 0. The molecule has 0 aliphatic rings. The number of hydrogen-bond acceptors (Lipinski definition) is 0. The lowest BCUT2D eigenvalue weighted by Gasteiger charge is -1.00. The molecular weight excluding hydrogens is 168 g/mol. The third kappa shape index (κ3) is 69.3. The molecule has 0 fully saturated rings. The second-order valence-electron chi connectivity index (χ2n) is 0. The van der Waals surface area contributed by atoms with Gasteiger partial charge in [0.05, 0.1) is 0 Å². The zero-order valence-electron chi connectivity index (χ0n) is 2.51. The molecule has 5 heteroatoms. The quantitative estimate of drug-likeness (QED) is 0.380. The Bertz CT molecular complexity index is 7.51. The lowest BCUT2D eigenvalue weighted by atomic mass is 12.0. The monoisotopic (exact) mass is 174 g/mol. The second-order valence-corrected chi connectivity index (χ2v) is 0. The Morgan fingerprint density at radius 2 is 0.500 bits per heavy atom. The van der Waals surface area contributed by atoms with E-state index in [9.17, 15) is 0 Å². The van der Waals surface area contributed by atoms with E-state index in [1.165, 1.54) is 0 Å². The van der Waals surface area contributed by atoms with Crippen molar-refractivity contribution in [3.63, 3.8) is 0 Å². The molecule has 0 aliphatic carbocycles. The summed E-state index contributed by atoms with van der Waals surface area (Å²) in [5, 5.41) is 0. The molecule has 0 unspecified atom stereocenters. The molecule has 6 heavy (non-hydrogen) atoms. The largest absolute Gasteiger partial charge is 1.00 e. The molecule has 0 rings (SSSR count). The summed E-state index contributed by atoms with van der Waals surface area (Å²) in [5.74, 6) is 0. The highest BCUT2D eigenvalue weighted by molar-refractivity contribution is 2.50. The molecule has 4 N–H and O–H groups in total. The first kappa shape index (κ1) is 213. The number of halogens is 4. The van der Waals surface area contributed by atoms with E-state index in [0.29, 0.717) is 0 Å². The van der Waals surface area contributed by atoms with Crippen molar-refractivity contribution in [2.24, 2.45) is 0 Å². The summed E-state index contributed by atoms with van der Waals surface area (Å²) in [6, 6.07) is 0. The minimum absolute atomic E-state index is 0. The Kier molecular flexibility index (Phi) is 4530. The summed E-state index contributed by atoms with van der Waals surface area (Å²) >= 11 is 0. The van der Waals surface area contributed by atoms with Gasteiger partial charge in [-0.25, -0.2) is 0 Å². The van der Waals surface area contributed by atoms with E-state index in [1.54, 1.807) is 0 Å². The predicted octanol–water partition coefficient (Wildman–Crippen LogP) is -11.0. The van der Waals surface area contributed by atoms with Crippen molar-refractivity contribution in [2.45, 2.75) is 7.43 Å². The van der Waals surface area contributed by atoms with Crippen LogP contribution in [0, 0.1) is 0 Å². The Morgan fingerprint density at radius 1 is 0.500 bits per heavy atom. The van der Waals surface area contributed by atoms with Gasteiger partial charge in [0.1, 0.15) is 0 Å². The third-order valence-corrected chi connectivity index (χ3v) is 0. The fourth-order valence-corrected chi connectivity index (χ4v) is 0. The number of hydrogen-bond donors (Lipinski definition) is 1. The predicted molar refractivity (Wildman–Crippen MR) is 12.7 cm³/mol. The van der Waals surface area contributed by atoms with Crippen LogP contribution in [0.3, 0.4) is 0 Å².